The monoisotopic (exact) mass is 422 g/mol. The number of fused-ring (bicyclic) bond motifs is 1. The van der Waals surface area contributed by atoms with E-state index in [2.05, 4.69) is 20.8 Å². The van der Waals surface area contributed by atoms with Crippen molar-refractivity contribution >= 4 is 41.3 Å². The van der Waals surface area contributed by atoms with E-state index in [0.29, 0.717) is 24.6 Å². The Morgan fingerprint density at radius 3 is 3.00 bits per heavy atom. The summed E-state index contributed by atoms with van der Waals surface area (Å²) in [4.78, 5) is 11.7. The van der Waals surface area contributed by atoms with Gasteiger partial charge in [0.2, 0.25) is 5.13 Å². The molecule has 148 valence electrons. The quantitative estimate of drug-likeness (QED) is 0.483. The van der Waals surface area contributed by atoms with E-state index in [9.17, 15) is 14.9 Å². The number of aromatic carboxylic acids is 1. The summed E-state index contributed by atoms with van der Waals surface area (Å²) in [7, 11) is -1.16. The Morgan fingerprint density at radius 1 is 1.50 bits per heavy atom. The molecule has 1 saturated heterocycles. The van der Waals surface area contributed by atoms with Crippen LogP contribution in [0, 0.1) is 0 Å². The summed E-state index contributed by atoms with van der Waals surface area (Å²) >= 11 is 2.80. The van der Waals surface area contributed by atoms with Crippen molar-refractivity contribution in [3.63, 3.8) is 0 Å². The molecule has 0 bridgehead atoms. The highest BCUT2D eigenvalue weighted by Crippen LogP contribution is 2.40. The number of hydrogen-bond donors (Lipinski definition) is 4. The van der Waals surface area contributed by atoms with Crippen molar-refractivity contribution in [1.29, 1.82) is 0 Å². The van der Waals surface area contributed by atoms with E-state index >= 15 is 0 Å². The van der Waals surface area contributed by atoms with Crippen LogP contribution >= 0.6 is 23.1 Å². The first-order chi connectivity index (χ1) is 13.5. The van der Waals surface area contributed by atoms with Crippen molar-refractivity contribution in [3.8, 4) is 11.5 Å². The second-order valence-corrected chi connectivity index (χ2v) is 8.87. The van der Waals surface area contributed by atoms with Gasteiger partial charge in [0.25, 0.3) is 0 Å². The maximum absolute atomic E-state index is 11.7. The molecule has 4 rings (SSSR count). The second-order valence-electron chi connectivity index (χ2n) is 6.41. The molecule has 4 N–H and O–H groups in total. The number of nitrogens with one attached hydrogen (secondary N) is 2. The fraction of sp³-hybridized carbons (Fsp3) is 0.438. The van der Waals surface area contributed by atoms with Gasteiger partial charge in [-0.3, -0.25) is 0 Å². The number of nitrogens with zero attached hydrogens (tertiary/aromatic N) is 2. The van der Waals surface area contributed by atoms with Gasteiger partial charge in [-0.15, -0.1) is 10.2 Å². The summed E-state index contributed by atoms with van der Waals surface area (Å²) < 4.78 is 11.7. The normalized spacial score (nSPS) is 18.8. The van der Waals surface area contributed by atoms with Gasteiger partial charge < -0.3 is 30.2 Å². The molecule has 2 aliphatic rings. The van der Waals surface area contributed by atoms with E-state index in [1.165, 1.54) is 23.1 Å². The molecule has 1 aromatic carbocycles. The number of ether oxygens (including phenoxy) is 1. The third kappa shape index (κ3) is 3.90. The zero-order valence-electron chi connectivity index (χ0n) is 15.0. The van der Waals surface area contributed by atoms with Crippen LogP contribution in [-0.4, -0.2) is 64.3 Å². The van der Waals surface area contributed by atoms with Crippen molar-refractivity contribution < 1.29 is 24.3 Å². The Kier molecular flexibility index (Phi) is 5.62. The van der Waals surface area contributed by atoms with E-state index in [1.807, 2.05) is 0 Å². The standard InChI is InChI=1S/C16H19BN4O5S2/c1-2-25-10-4-3-8-5-11(17(24)26-13(8)12(10)14(22)23)27-16-21-20-15(28-16)19-9-6-18-7-9/h3-4,9,11,18,24H,2,5-7H2,1H3,(H,19,20)(H,22,23). The van der Waals surface area contributed by atoms with Crippen LogP contribution < -0.4 is 20.0 Å². The summed E-state index contributed by atoms with van der Waals surface area (Å²) in [6.07, 6.45) is 0.447. The number of anilines is 1. The third-order valence-corrected chi connectivity index (χ3v) is 6.63. The summed E-state index contributed by atoms with van der Waals surface area (Å²) in [5.74, 6) is -0.749. The number of carbonyl (C=O) groups is 1. The highest BCUT2D eigenvalue weighted by Gasteiger charge is 2.39. The Balaban J connectivity index is 1.50. The number of carboxylic acids is 1. The lowest BCUT2D eigenvalue weighted by Crippen LogP contribution is -2.51. The molecule has 0 amide bonds. The first kappa shape index (κ1) is 19.3. The SMILES string of the molecule is CCOc1ccc2c(c1C(=O)O)OB(O)C(Sc1nnc(NC3CNC3)s1)C2. The van der Waals surface area contributed by atoms with Crippen LogP contribution in [0.15, 0.2) is 16.5 Å². The van der Waals surface area contributed by atoms with Crippen LogP contribution in [0.25, 0.3) is 0 Å². The Morgan fingerprint density at radius 2 is 2.32 bits per heavy atom. The van der Waals surface area contributed by atoms with Gasteiger partial charge in [0, 0.05) is 13.1 Å². The third-order valence-electron chi connectivity index (χ3n) is 4.46. The Labute approximate surface area is 170 Å². The van der Waals surface area contributed by atoms with Gasteiger partial charge in [-0.25, -0.2) is 4.79 Å². The first-order valence-corrected chi connectivity index (χ1v) is 10.6. The van der Waals surface area contributed by atoms with Crippen molar-refractivity contribution in [2.45, 2.75) is 28.9 Å². The van der Waals surface area contributed by atoms with Crippen molar-refractivity contribution in [3.05, 3.63) is 23.3 Å². The fourth-order valence-electron chi connectivity index (χ4n) is 3.01. The summed E-state index contributed by atoms with van der Waals surface area (Å²) in [6, 6.07) is 3.78. The zero-order valence-corrected chi connectivity index (χ0v) is 16.7. The molecular weight excluding hydrogens is 403 g/mol. The minimum atomic E-state index is -1.16. The van der Waals surface area contributed by atoms with Crippen LogP contribution in [0.5, 0.6) is 11.5 Å². The molecule has 2 aliphatic heterocycles. The summed E-state index contributed by atoms with van der Waals surface area (Å²) in [5, 5.41) is 35.2. The summed E-state index contributed by atoms with van der Waals surface area (Å²) in [6.45, 7) is 3.93. The molecule has 1 aromatic heterocycles. The molecular formula is C16H19BN4O5S2. The highest BCUT2D eigenvalue weighted by molar-refractivity contribution is 8.02. The lowest BCUT2D eigenvalue weighted by molar-refractivity contribution is 0.0689. The molecule has 9 nitrogen and oxygen atoms in total. The molecule has 0 saturated carbocycles. The minimum absolute atomic E-state index is 0.0571. The van der Waals surface area contributed by atoms with Crippen LogP contribution in [0.2, 0.25) is 0 Å². The lowest BCUT2D eigenvalue weighted by Gasteiger charge is -2.28. The molecule has 2 aromatic rings. The zero-order chi connectivity index (χ0) is 19.7. The van der Waals surface area contributed by atoms with Gasteiger partial charge in [0.15, 0.2) is 4.34 Å². The van der Waals surface area contributed by atoms with Gasteiger partial charge in [-0.05, 0) is 25.0 Å². The van der Waals surface area contributed by atoms with Gasteiger partial charge in [-0.2, -0.15) is 0 Å². The van der Waals surface area contributed by atoms with Crippen LogP contribution in [-0.2, 0) is 6.42 Å². The fourth-order valence-corrected chi connectivity index (χ4v) is 5.14. The average Bonchev–Trinajstić information content (AvgIpc) is 3.06. The average molecular weight is 422 g/mol. The van der Waals surface area contributed by atoms with Crippen LogP contribution in [0.1, 0.15) is 22.8 Å². The first-order valence-electron chi connectivity index (χ1n) is 8.89. The van der Waals surface area contributed by atoms with E-state index in [4.69, 9.17) is 9.39 Å². The van der Waals surface area contributed by atoms with Gasteiger partial charge in [0.05, 0.1) is 17.8 Å². The maximum atomic E-state index is 11.7. The minimum Gasteiger partial charge on any atom is -0.534 e. The number of benzene rings is 1. The number of hydrogen-bond acceptors (Lipinski definition) is 10. The number of carboxylic acid groups (broad SMARTS) is 1. The van der Waals surface area contributed by atoms with E-state index in [-0.39, 0.29) is 22.2 Å². The molecule has 0 spiro atoms. The number of aromatic nitrogens is 2. The van der Waals surface area contributed by atoms with Gasteiger partial charge in [-0.1, -0.05) is 29.2 Å². The highest BCUT2D eigenvalue weighted by atomic mass is 32.2. The molecule has 1 atom stereocenters. The number of thioether (sulfide) groups is 1. The van der Waals surface area contributed by atoms with Gasteiger partial charge >= 0.3 is 13.1 Å². The van der Waals surface area contributed by atoms with Gasteiger partial charge in [0.1, 0.15) is 17.1 Å². The van der Waals surface area contributed by atoms with Crippen LogP contribution in [0.3, 0.4) is 0 Å². The molecule has 1 fully saturated rings. The van der Waals surface area contributed by atoms with E-state index < -0.39 is 13.1 Å². The summed E-state index contributed by atoms with van der Waals surface area (Å²) in [5.41, 5.74) is 0.658. The van der Waals surface area contributed by atoms with Crippen molar-refractivity contribution in [1.82, 2.24) is 15.5 Å². The second kappa shape index (κ2) is 8.15. The predicted octanol–water partition coefficient (Wildman–Crippen LogP) is 1.13. The number of rotatable bonds is 7. The molecule has 1 unspecified atom stereocenters. The predicted molar refractivity (Wildman–Crippen MR) is 107 cm³/mol. The van der Waals surface area contributed by atoms with E-state index in [0.717, 1.165) is 22.6 Å². The maximum Gasteiger partial charge on any atom is 0.537 e. The lowest BCUT2D eigenvalue weighted by atomic mass is 9.77. The molecule has 28 heavy (non-hydrogen) atoms. The molecule has 0 aliphatic carbocycles. The topological polar surface area (TPSA) is 126 Å². The molecule has 12 heteroatoms. The largest absolute Gasteiger partial charge is 0.537 e. The molecule has 0 radical (unpaired) electrons. The Hall–Kier alpha value is -2.02. The van der Waals surface area contributed by atoms with Crippen LogP contribution in [0.4, 0.5) is 5.13 Å². The van der Waals surface area contributed by atoms with Crippen molar-refractivity contribution in [2.24, 2.45) is 0 Å². The smallest absolute Gasteiger partial charge is 0.534 e. The Bertz CT molecular complexity index is 879. The van der Waals surface area contributed by atoms with Crippen molar-refractivity contribution in [2.75, 3.05) is 25.0 Å². The van der Waals surface area contributed by atoms with E-state index in [1.54, 1.807) is 19.1 Å². The molecule has 3 heterocycles.